The lowest BCUT2D eigenvalue weighted by atomic mass is 9.79. The molecular weight excluding hydrogens is 238 g/mol. The van der Waals surface area contributed by atoms with Crippen LogP contribution in [0, 0.1) is 0 Å². The monoisotopic (exact) mass is 265 g/mol. The van der Waals surface area contributed by atoms with Crippen LogP contribution in [0.3, 0.4) is 0 Å². The Kier molecular flexibility index (Phi) is 5.67. The molecule has 1 rings (SSSR count). The highest BCUT2D eigenvalue weighted by Crippen LogP contribution is 2.34. The molecule has 0 spiro atoms. The van der Waals surface area contributed by atoms with E-state index in [0.717, 1.165) is 24.5 Å². The second-order valence-corrected chi connectivity index (χ2v) is 5.65. The lowest BCUT2D eigenvalue weighted by Gasteiger charge is -2.29. The van der Waals surface area contributed by atoms with Gasteiger partial charge in [0.2, 0.25) is 0 Å². The summed E-state index contributed by atoms with van der Waals surface area (Å²) < 4.78 is 10.7. The third-order valence-electron chi connectivity index (χ3n) is 3.50. The predicted molar refractivity (Wildman–Crippen MR) is 80.3 cm³/mol. The molecule has 3 heteroatoms. The fourth-order valence-electron chi connectivity index (χ4n) is 2.50. The molecule has 19 heavy (non-hydrogen) atoms. The quantitative estimate of drug-likeness (QED) is 0.820. The molecule has 0 aliphatic rings. The van der Waals surface area contributed by atoms with E-state index in [9.17, 15) is 0 Å². The maximum Gasteiger partial charge on any atom is 0.122 e. The van der Waals surface area contributed by atoms with Crippen molar-refractivity contribution in [2.24, 2.45) is 0 Å². The van der Waals surface area contributed by atoms with Gasteiger partial charge in [0, 0.05) is 12.1 Å². The molecule has 1 N–H and O–H groups in total. The van der Waals surface area contributed by atoms with Crippen molar-refractivity contribution in [2.75, 3.05) is 20.8 Å². The smallest absolute Gasteiger partial charge is 0.122 e. The van der Waals surface area contributed by atoms with Crippen LogP contribution in [0.5, 0.6) is 11.5 Å². The van der Waals surface area contributed by atoms with Crippen LogP contribution in [0.25, 0.3) is 0 Å². The molecule has 3 nitrogen and oxygen atoms in total. The number of hydrogen-bond acceptors (Lipinski definition) is 3. The number of rotatable bonds is 7. The summed E-state index contributed by atoms with van der Waals surface area (Å²) in [6.07, 6.45) is 1.07. The molecule has 1 aromatic rings. The molecule has 1 unspecified atom stereocenters. The maximum absolute atomic E-state index is 5.35. The summed E-state index contributed by atoms with van der Waals surface area (Å²) in [4.78, 5) is 0. The van der Waals surface area contributed by atoms with Crippen molar-refractivity contribution in [3.63, 3.8) is 0 Å². The van der Waals surface area contributed by atoms with Crippen LogP contribution in [-0.2, 0) is 5.41 Å². The van der Waals surface area contributed by atoms with Gasteiger partial charge in [0.15, 0.2) is 0 Å². The first-order valence-corrected chi connectivity index (χ1v) is 6.90. The minimum absolute atomic E-state index is 0.0728. The third kappa shape index (κ3) is 4.43. The summed E-state index contributed by atoms with van der Waals surface area (Å²) in [7, 11) is 3.37. The Bertz CT molecular complexity index is 379. The zero-order valence-electron chi connectivity index (χ0n) is 13.0. The lowest BCUT2D eigenvalue weighted by molar-refractivity contribution is 0.375. The fourth-order valence-corrected chi connectivity index (χ4v) is 2.50. The number of hydrogen-bond donors (Lipinski definition) is 1. The van der Waals surface area contributed by atoms with Crippen molar-refractivity contribution < 1.29 is 9.47 Å². The Morgan fingerprint density at radius 3 is 2.05 bits per heavy atom. The topological polar surface area (TPSA) is 30.5 Å². The van der Waals surface area contributed by atoms with E-state index in [-0.39, 0.29) is 5.41 Å². The molecule has 0 amide bonds. The van der Waals surface area contributed by atoms with Crippen molar-refractivity contribution in [3.05, 3.63) is 23.8 Å². The van der Waals surface area contributed by atoms with Gasteiger partial charge in [0.05, 0.1) is 14.2 Å². The lowest BCUT2D eigenvalue weighted by Crippen LogP contribution is -2.33. The highest BCUT2D eigenvalue weighted by molar-refractivity contribution is 5.41. The van der Waals surface area contributed by atoms with E-state index in [1.165, 1.54) is 5.56 Å². The molecular formula is C16H27NO2. The van der Waals surface area contributed by atoms with E-state index in [0.29, 0.717) is 6.04 Å². The molecule has 0 saturated heterocycles. The van der Waals surface area contributed by atoms with E-state index in [2.05, 4.69) is 45.1 Å². The van der Waals surface area contributed by atoms with Gasteiger partial charge in [-0.1, -0.05) is 20.8 Å². The molecule has 0 bridgehead atoms. The van der Waals surface area contributed by atoms with E-state index >= 15 is 0 Å². The summed E-state index contributed by atoms with van der Waals surface area (Å²) in [6.45, 7) is 9.88. The van der Waals surface area contributed by atoms with Crippen molar-refractivity contribution in [1.29, 1.82) is 0 Å². The Morgan fingerprint density at radius 1 is 1.11 bits per heavy atom. The molecule has 0 heterocycles. The van der Waals surface area contributed by atoms with Gasteiger partial charge >= 0.3 is 0 Å². The molecule has 0 aromatic heterocycles. The molecule has 0 aliphatic carbocycles. The van der Waals surface area contributed by atoms with Crippen LogP contribution in [0.15, 0.2) is 18.2 Å². The second kappa shape index (κ2) is 6.80. The largest absolute Gasteiger partial charge is 0.497 e. The fraction of sp³-hybridized carbons (Fsp3) is 0.625. The standard InChI is InChI=1S/C16H27NO2/c1-7-17-12(2)11-16(3,4)13-8-14(18-5)10-15(9-13)19-6/h8-10,12,17H,7,11H2,1-6H3. The minimum atomic E-state index is 0.0728. The Hall–Kier alpha value is -1.22. The maximum atomic E-state index is 5.35. The van der Waals surface area contributed by atoms with Crippen molar-refractivity contribution in [2.45, 2.75) is 45.6 Å². The Balaban J connectivity index is 2.98. The van der Waals surface area contributed by atoms with E-state index in [1.54, 1.807) is 14.2 Å². The minimum Gasteiger partial charge on any atom is -0.497 e. The average Bonchev–Trinajstić information content (AvgIpc) is 2.37. The number of ether oxygens (including phenoxy) is 2. The van der Waals surface area contributed by atoms with Gasteiger partial charge < -0.3 is 14.8 Å². The van der Waals surface area contributed by atoms with Crippen LogP contribution < -0.4 is 14.8 Å². The molecule has 0 saturated carbocycles. The van der Waals surface area contributed by atoms with Crippen LogP contribution in [0.4, 0.5) is 0 Å². The summed E-state index contributed by atoms with van der Waals surface area (Å²) in [5, 5.41) is 3.47. The zero-order valence-corrected chi connectivity index (χ0v) is 13.0. The molecule has 0 aliphatic heterocycles. The van der Waals surface area contributed by atoms with Gasteiger partial charge in [-0.2, -0.15) is 0 Å². The number of methoxy groups -OCH3 is 2. The first kappa shape index (κ1) is 15.8. The van der Waals surface area contributed by atoms with Crippen LogP contribution in [0.2, 0.25) is 0 Å². The first-order chi connectivity index (χ1) is 8.92. The Morgan fingerprint density at radius 2 is 1.63 bits per heavy atom. The van der Waals surface area contributed by atoms with Crippen LogP contribution >= 0.6 is 0 Å². The van der Waals surface area contributed by atoms with Crippen molar-refractivity contribution in [1.82, 2.24) is 5.32 Å². The van der Waals surface area contributed by atoms with E-state index in [4.69, 9.17) is 9.47 Å². The molecule has 1 aromatic carbocycles. The molecule has 1 atom stereocenters. The van der Waals surface area contributed by atoms with Crippen LogP contribution in [0.1, 0.15) is 39.7 Å². The summed E-state index contributed by atoms with van der Waals surface area (Å²) in [6, 6.07) is 6.59. The summed E-state index contributed by atoms with van der Waals surface area (Å²) in [5.41, 5.74) is 1.32. The van der Waals surface area contributed by atoms with Crippen LogP contribution in [-0.4, -0.2) is 26.8 Å². The van der Waals surface area contributed by atoms with E-state index < -0.39 is 0 Å². The number of benzene rings is 1. The van der Waals surface area contributed by atoms with Gasteiger partial charge in [-0.05, 0) is 43.0 Å². The second-order valence-electron chi connectivity index (χ2n) is 5.65. The SMILES string of the molecule is CCNC(C)CC(C)(C)c1cc(OC)cc(OC)c1. The third-order valence-corrected chi connectivity index (χ3v) is 3.50. The van der Waals surface area contributed by atoms with Gasteiger partial charge in [0.1, 0.15) is 11.5 Å². The Labute approximate surface area is 117 Å². The molecule has 0 fully saturated rings. The van der Waals surface area contributed by atoms with Crippen molar-refractivity contribution >= 4 is 0 Å². The average molecular weight is 265 g/mol. The summed E-state index contributed by atoms with van der Waals surface area (Å²) >= 11 is 0. The number of nitrogens with one attached hydrogen (secondary N) is 1. The predicted octanol–water partition coefficient (Wildman–Crippen LogP) is 3.37. The van der Waals surface area contributed by atoms with Crippen molar-refractivity contribution in [3.8, 4) is 11.5 Å². The van der Waals surface area contributed by atoms with Gasteiger partial charge in [-0.25, -0.2) is 0 Å². The molecule has 108 valence electrons. The normalized spacial score (nSPS) is 13.2. The first-order valence-electron chi connectivity index (χ1n) is 6.90. The van der Waals surface area contributed by atoms with Gasteiger partial charge in [-0.3, -0.25) is 0 Å². The highest BCUT2D eigenvalue weighted by atomic mass is 16.5. The highest BCUT2D eigenvalue weighted by Gasteiger charge is 2.24. The van der Waals surface area contributed by atoms with Gasteiger partial charge in [0.25, 0.3) is 0 Å². The molecule has 0 radical (unpaired) electrons. The zero-order chi connectivity index (χ0) is 14.5. The van der Waals surface area contributed by atoms with E-state index in [1.807, 2.05) is 6.07 Å². The van der Waals surface area contributed by atoms with Gasteiger partial charge in [-0.15, -0.1) is 0 Å². The summed E-state index contributed by atoms with van der Waals surface area (Å²) in [5.74, 6) is 1.69.